The van der Waals surface area contributed by atoms with Crippen LogP contribution in [0.5, 0.6) is 0 Å². The van der Waals surface area contributed by atoms with Crippen LogP contribution in [0.3, 0.4) is 0 Å². The van der Waals surface area contributed by atoms with Gasteiger partial charge < -0.3 is 20.1 Å². The van der Waals surface area contributed by atoms with E-state index in [4.69, 9.17) is 0 Å². The minimum Gasteiger partial charge on any atom is -0.354 e. The Balaban J connectivity index is 1.44. The van der Waals surface area contributed by atoms with Crippen molar-refractivity contribution in [3.05, 3.63) is 24.4 Å². The molecule has 10 nitrogen and oxygen atoms in total. The molecule has 2 saturated heterocycles. The van der Waals surface area contributed by atoms with Gasteiger partial charge in [0.1, 0.15) is 18.0 Å². The third-order valence-electron chi connectivity index (χ3n) is 4.85. The monoisotopic (exact) mass is 378 g/mol. The molecule has 0 unspecified atom stereocenters. The Bertz CT molecular complexity index is 883. The lowest BCUT2D eigenvalue weighted by Crippen LogP contribution is -2.57. The maximum absolute atomic E-state index is 12.0. The Kier molecular flexibility index (Phi) is 4.49. The van der Waals surface area contributed by atoms with Crippen molar-refractivity contribution >= 4 is 21.6 Å². The number of hydrogen-bond donors (Lipinski definition) is 2. The van der Waals surface area contributed by atoms with E-state index < -0.39 is 9.84 Å². The molecule has 2 aromatic rings. The predicted molar refractivity (Wildman–Crippen MR) is 96.8 cm³/mol. The summed E-state index contributed by atoms with van der Waals surface area (Å²) in [6.45, 7) is 2.11. The molecule has 0 aliphatic carbocycles. The fraction of sp³-hybridized carbons (Fsp3) is 0.600. The third-order valence-corrected chi connectivity index (χ3v) is 6.57. The molecule has 2 aliphatic rings. The van der Waals surface area contributed by atoms with Gasteiger partial charge in [-0.1, -0.05) is 0 Å². The van der Waals surface area contributed by atoms with Crippen molar-refractivity contribution in [1.82, 2.24) is 30.0 Å². The number of hydrogen-bond acceptors (Lipinski definition) is 9. The van der Waals surface area contributed by atoms with Gasteiger partial charge in [-0.15, -0.1) is 10.2 Å². The Hall–Kier alpha value is -2.27. The number of nitrogens with zero attached hydrogens (tertiary/aromatic N) is 6. The van der Waals surface area contributed by atoms with Gasteiger partial charge in [-0.3, -0.25) is 0 Å². The average molecular weight is 378 g/mol. The van der Waals surface area contributed by atoms with Gasteiger partial charge >= 0.3 is 0 Å². The molecule has 11 heteroatoms. The van der Waals surface area contributed by atoms with Crippen molar-refractivity contribution < 1.29 is 8.42 Å². The highest BCUT2D eigenvalue weighted by molar-refractivity contribution is 7.91. The molecule has 0 bridgehead atoms. The van der Waals surface area contributed by atoms with Gasteiger partial charge in [0.2, 0.25) is 5.95 Å². The van der Waals surface area contributed by atoms with Crippen molar-refractivity contribution in [2.75, 3.05) is 41.4 Å². The summed E-state index contributed by atoms with van der Waals surface area (Å²) in [5.74, 6) is 2.54. The highest BCUT2D eigenvalue weighted by Gasteiger charge is 2.43. The van der Waals surface area contributed by atoms with Crippen LogP contribution in [0.15, 0.2) is 18.6 Å². The number of piperazine rings is 1. The molecular weight excluding hydrogens is 356 g/mol. The number of rotatable bonds is 5. The van der Waals surface area contributed by atoms with Crippen molar-refractivity contribution in [2.24, 2.45) is 7.05 Å². The van der Waals surface area contributed by atoms with Crippen LogP contribution in [-0.2, 0) is 23.3 Å². The van der Waals surface area contributed by atoms with Crippen LogP contribution < -0.4 is 15.5 Å². The second-order valence-corrected chi connectivity index (χ2v) is 8.83. The molecule has 0 amide bonds. The summed E-state index contributed by atoms with van der Waals surface area (Å²) < 4.78 is 25.9. The number of aromatic nitrogens is 5. The van der Waals surface area contributed by atoms with Crippen molar-refractivity contribution in [2.45, 2.75) is 18.5 Å². The van der Waals surface area contributed by atoms with Gasteiger partial charge in [0.05, 0.1) is 17.5 Å². The smallest absolute Gasteiger partial charge is 0.224 e. The van der Waals surface area contributed by atoms with Gasteiger partial charge in [0.25, 0.3) is 0 Å². The van der Waals surface area contributed by atoms with E-state index in [1.807, 2.05) is 17.7 Å². The van der Waals surface area contributed by atoms with Gasteiger partial charge in [0.15, 0.2) is 9.84 Å². The molecule has 0 spiro atoms. The standard InChI is InChI=1S/C15H22N8O2S/c1-22-10-19-21-14(22)3-5-18-15-17-4-2-13(20-15)23-7-6-16-11-8-26(24,25)9-12(11)23/h2,4,10-12,16H,3,5-9H2,1H3,(H,17,18,20)/t11-,12+/m0/s1. The van der Waals surface area contributed by atoms with E-state index in [0.717, 1.165) is 24.7 Å². The molecule has 0 radical (unpaired) electrons. The number of nitrogens with one attached hydrogen (secondary N) is 2. The highest BCUT2D eigenvalue weighted by Crippen LogP contribution is 2.25. The summed E-state index contributed by atoms with van der Waals surface area (Å²) in [7, 11) is -1.10. The van der Waals surface area contributed by atoms with Crippen LogP contribution in [0.25, 0.3) is 0 Å². The van der Waals surface area contributed by atoms with Crippen LogP contribution in [0.1, 0.15) is 5.82 Å². The minimum atomic E-state index is -3.00. The zero-order valence-electron chi connectivity index (χ0n) is 14.5. The lowest BCUT2D eigenvalue weighted by atomic mass is 10.1. The van der Waals surface area contributed by atoms with Crippen LogP contribution >= 0.6 is 0 Å². The number of fused-ring (bicyclic) bond motifs is 1. The van der Waals surface area contributed by atoms with Crippen molar-refractivity contribution in [3.8, 4) is 0 Å². The minimum absolute atomic E-state index is 0.0314. The Morgan fingerprint density at radius 1 is 1.38 bits per heavy atom. The highest BCUT2D eigenvalue weighted by atomic mass is 32.2. The molecule has 2 fully saturated rings. The van der Waals surface area contributed by atoms with E-state index in [1.165, 1.54) is 0 Å². The van der Waals surface area contributed by atoms with E-state index in [0.29, 0.717) is 18.9 Å². The summed E-state index contributed by atoms with van der Waals surface area (Å²) >= 11 is 0. The van der Waals surface area contributed by atoms with Gasteiger partial charge in [-0.2, -0.15) is 4.98 Å². The first-order valence-electron chi connectivity index (χ1n) is 8.62. The van der Waals surface area contributed by atoms with E-state index in [-0.39, 0.29) is 23.6 Å². The van der Waals surface area contributed by atoms with Crippen LogP contribution in [0, 0.1) is 0 Å². The summed E-state index contributed by atoms with van der Waals surface area (Å²) in [5, 5.41) is 14.4. The normalized spacial score (nSPS) is 24.4. The van der Waals surface area contributed by atoms with Gasteiger partial charge in [0, 0.05) is 45.3 Å². The zero-order chi connectivity index (χ0) is 18.1. The fourth-order valence-corrected chi connectivity index (χ4v) is 5.52. The molecule has 2 N–H and O–H groups in total. The van der Waals surface area contributed by atoms with Gasteiger partial charge in [-0.25, -0.2) is 13.4 Å². The first-order chi connectivity index (χ1) is 12.5. The SMILES string of the molecule is Cn1cnnc1CCNc1nccc(N2CCN[C@H]3CS(=O)(=O)C[C@H]32)n1. The van der Waals surface area contributed by atoms with Gasteiger partial charge in [-0.05, 0) is 6.07 Å². The van der Waals surface area contributed by atoms with Crippen LogP contribution in [0.4, 0.5) is 11.8 Å². The molecule has 0 aromatic carbocycles. The fourth-order valence-electron chi connectivity index (χ4n) is 3.57. The van der Waals surface area contributed by atoms with Crippen molar-refractivity contribution in [3.63, 3.8) is 0 Å². The third kappa shape index (κ3) is 3.49. The second-order valence-electron chi connectivity index (χ2n) is 6.67. The molecule has 0 saturated carbocycles. The number of sulfone groups is 1. The molecule has 2 aliphatic heterocycles. The molecule has 4 heterocycles. The van der Waals surface area contributed by atoms with Crippen LogP contribution in [-0.4, -0.2) is 76.4 Å². The first-order valence-corrected chi connectivity index (χ1v) is 10.4. The Labute approximate surface area is 152 Å². The number of anilines is 2. The lowest BCUT2D eigenvalue weighted by Gasteiger charge is -2.38. The zero-order valence-corrected chi connectivity index (χ0v) is 15.4. The molecule has 2 aromatic heterocycles. The van der Waals surface area contributed by atoms with Crippen LogP contribution in [0.2, 0.25) is 0 Å². The largest absolute Gasteiger partial charge is 0.354 e. The van der Waals surface area contributed by atoms with E-state index in [1.54, 1.807) is 12.5 Å². The van der Waals surface area contributed by atoms with Crippen molar-refractivity contribution in [1.29, 1.82) is 0 Å². The maximum Gasteiger partial charge on any atom is 0.224 e. The second kappa shape index (κ2) is 6.80. The van der Waals surface area contributed by atoms with E-state index in [2.05, 4.69) is 35.7 Å². The Morgan fingerprint density at radius 2 is 2.27 bits per heavy atom. The van der Waals surface area contributed by atoms with E-state index >= 15 is 0 Å². The summed E-state index contributed by atoms with van der Waals surface area (Å²) in [4.78, 5) is 10.9. The molecule has 2 atom stereocenters. The maximum atomic E-state index is 12.0. The lowest BCUT2D eigenvalue weighted by molar-refractivity contribution is 0.423. The quantitative estimate of drug-likeness (QED) is 0.664. The molecule has 140 valence electrons. The summed E-state index contributed by atoms with van der Waals surface area (Å²) in [6.07, 6.45) is 4.08. The summed E-state index contributed by atoms with van der Waals surface area (Å²) in [5.41, 5.74) is 0. The van der Waals surface area contributed by atoms with E-state index in [9.17, 15) is 8.42 Å². The first kappa shape index (κ1) is 17.2. The molecular formula is C15H22N8O2S. The molecule has 26 heavy (non-hydrogen) atoms. The summed E-state index contributed by atoms with van der Waals surface area (Å²) in [6, 6.07) is 1.73. The average Bonchev–Trinajstić information content (AvgIpc) is 3.16. The Morgan fingerprint density at radius 3 is 3.08 bits per heavy atom. The predicted octanol–water partition coefficient (Wildman–Crippen LogP) is -1.17. The topological polar surface area (TPSA) is 118 Å². The molecule has 4 rings (SSSR count). The number of aryl methyl sites for hydroxylation is 1.